The molecular formula is C34H69FO13. The number of alkyl halides is 1. The van der Waals surface area contributed by atoms with E-state index < -0.39 is 6.67 Å². The minimum absolute atomic E-state index is 0.114. The van der Waals surface area contributed by atoms with Gasteiger partial charge in [-0.15, -0.1) is 0 Å². The fourth-order valence-corrected chi connectivity index (χ4v) is 3.78. The highest BCUT2D eigenvalue weighted by atomic mass is 19.1. The summed E-state index contributed by atoms with van der Waals surface area (Å²) in [6.07, 6.45) is 7.66. The lowest BCUT2D eigenvalue weighted by Crippen LogP contribution is -2.15. The third-order valence-corrected chi connectivity index (χ3v) is 6.33. The first-order valence-electron chi connectivity index (χ1n) is 18.0. The molecule has 0 atom stereocenters. The van der Waals surface area contributed by atoms with Crippen molar-refractivity contribution in [2.24, 2.45) is 0 Å². The van der Waals surface area contributed by atoms with E-state index in [1.54, 1.807) is 0 Å². The summed E-state index contributed by atoms with van der Waals surface area (Å²) in [7, 11) is 0. The monoisotopic (exact) mass is 704 g/mol. The number of hydrogen-bond donors (Lipinski definition) is 0. The number of halogens is 1. The van der Waals surface area contributed by atoms with Gasteiger partial charge in [0.15, 0.2) is 0 Å². The van der Waals surface area contributed by atoms with Crippen LogP contribution in [0.1, 0.15) is 45.4 Å². The van der Waals surface area contributed by atoms with E-state index in [9.17, 15) is 4.39 Å². The predicted molar refractivity (Wildman–Crippen MR) is 180 cm³/mol. The minimum Gasteiger partial charge on any atom is -0.379 e. The molecule has 0 aromatic carbocycles. The van der Waals surface area contributed by atoms with Gasteiger partial charge in [0.1, 0.15) is 6.67 Å². The summed E-state index contributed by atoms with van der Waals surface area (Å²) in [5.74, 6) is 0. The van der Waals surface area contributed by atoms with E-state index in [-0.39, 0.29) is 6.61 Å². The van der Waals surface area contributed by atoms with Gasteiger partial charge < -0.3 is 61.6 Å². The van der Waals surface area contributed by atoms with Crippen LogP contribution >= 0.6 is 0 Å². The average molecular weight is 705 g/mol. The fourth-order valence-electron chi connectivity index (χ4n) is 3.78. The molecule has 0 rings (SSSR count). The molecule has 0 aliphatic rings. The van der Waals surface area contributed by atoms with E-state index >= 15 is 0 Å². The molecular weight excluding hydrogens is 635 g/mol. The number of ether oxygens (including phenoxy) is 13. The van der Waals surface area contributed by atoms with Crippen LogP contribution in [-0.2, 0) is 61.6 Å². The quantitative estimate of drug-likeness (QED) is 0.0861. The van der Waals surface area contributed by atoms with Crippen molar-refractivity contribution in [2.75, 3.05) is 178 Å². The number of rotatable bonds is 45. The second-order valence-corrected chi connectivity index (χ2v) is 10.4. The number of hydrogen-bond acceptors (Lipinski definition) is 13. The molecule has 0 amide bonds. The Morgan fingerprint density at radius 2 is 0.417 bits per heavy atom. The lowest BCUT2D eigenvalue weighted by molar-refractivity contribution is -0.0291. The molecule has 48 heavy (non-hydrogen) atoms. The van der Waals surface area contributed by atoms with Crippen molar-refractivity contribution >= 4 is 0 Å². The summed E-state index contributed by atoms with van der Waals surface area (Å²) in [5.41, 5.74) is 0. The molecule has 290 valence electrons. The average Bonchev–Trinajstić information content (AvgIpc) is 3.10. The lowest BCUT2D eigenvalue weighted by Gasteiger charge is -2.09. The van der Waals surface area contributed by atoms with Gasteiger partial charge in [-0.25, -0.2) is 4.39 Å². The zero-order valence-electron chi connectivity index (χ0n) is 30.0. The van der Waals surface area contributed by atoms with Crippen LogP contribution in [0.3, 0.4) is 0 Å². The third kappa shape index (κ3) is 45.4. The maximum absolute atomic E-state index is 11.8. The van der Waals surface area contributed by atoms with Crippen molar-refractivity contribution in [1.29, 1.82) is 0 Å². The predicted octanol–water partition coefficient (Wildman–Crippen LogP) is 3.53. The minimum atomic E-state index is -0.474. The van der Waals surface area contributed by atoms with Gasteiger partial charge in [0.25, 0.3) is 0 Å². The van der Waals surface area contributed by atoms with E-state index in [0.29, 0.717) is 159 Å². The van der Waals surface area contributed by atoms with Gasteiger partial charge in [-0.1, -0.05) is 39.0 Å². The largest absolute Gasteiger partial charge is 0.379 e. The summed E-state index contributed by atoms with van der Waals surface area (Å²) in [5, 5.41) is 0. The highest BCUT2D eigenvalue weighted by Gasteiger charge is 1.97. The Morgan fingerprint density at radius 3 is 0.646 bits per heavy atom. The van der Waals surface area contributed by atoms with Gasteiger partial charge >= 0.3 is 0 Å². The summed E-state index contributed by atoms with van der Waals surface area (Å²) >= 11 is 0. The van der Waals surface area contributed by atoms with Crippen LogP contribution in [0.5, 0.6) is 0 Å². The second kappa shape index (κ2) is 46.4. The Kier molecular flexibility index (Phi) is 45.8. The zero-order chi connectivity index (χ0) is 34.5. The Balaban J connectivity index is 3.04. The topological polar surface area (TPSA) is 120 Å². The van der Waals surface area contributed by atoms with Crippen LogP contribution < -0.4 is 0 Å². The van der Waals surface area contributed by atoms with E-state index in [1.807, 2.05) is 0 Å². The molecule has 0 fully saturated rings. The van der Waals surface area contributed by atoms with Crippen molar-refractivity contribution in [3.63, 3.8) is 0 Å². The molecule has 0 aliphatic heterocycles. The van der Waals surface area contributed by atoms with Crippen LogP contribution in [-0.4, -0.2) is 178 Å². The molecule has 0 spiro atoms. The molecule has 0 heterocycles. The third-order valence-electron chi connectivity index (χ3n) is 6.33. The molecule has 0 radical (unpaired) electrons. The van der Waals surface area contributed by atoms with Crippen molar-refractivity contribution < 1.29 is 66.0 Å². The summed E-state index contributed by atoms with van der Waals surface area (Å²) < 4.78 is 82.4. The first kappa shape index (κ1) is 47.4. The Morgan fingerprint density at radius 1 is 0.229 bits per heavy atom. The first-order chi connectivity index (χ1) is 23.9. The van der Waals surface area contributed by atoms with E-state index in [1.165, 1.54) is 32.1 Å². The van der Waals surface area contributed by atoms with E-state index in [0.717, 1.165) is 13.0 Å². The van der Waals surface area contributed by atoms with Crippen LogP contribution in [0.15, 0.2) is 0 Å². The first-order valence-corrected chi connectivity index (χ1v) is 18.0. The van der Waals surface area contributed by atoms with Crippen LogP contribution in [0, 0.1) is 0 Å². The number of unbranched alkanes of at least 4 members (excludes halogenated alkanes) is 5. The van der Waals surface area contributed by atoms with Gasteiger partial charge in [-0.2, -0.15) is 0 Å². The van der Waals surface area contributed by atoms with Gasteiger partial charge in [0, 0.05) is 6.61 Å². The fraction of sp³-hybridized carbons (Fsp3) is 1.00. The Hall–Kier alpha value is -0.590. The molecule has 0 unspecified atom stereocenters. The van der Waals surface area contributed by atoms with Gasteiger partial charge in [0.05, 0.1) is 165 Å². The molecule has 0 N–H and O–H groups in total. The van der Waals surface area contributed by atoms with Crippen LogP contribution in [0.2, 0.25) is 0 Å². The van der Waals surface area contributed by atoms with Crippen LogP contribution in [0.4, 0.5) is 4.39 Å². The zero-order valence-corrected chi connectivity index (χ0v) is 30.0. The van der Waals surface area contributed by atoms with Crippen molar-refractivity contribution in [3.8, 4) is 0 Å². The molecule has 0 aromatic heterocycles. The molecule has 14 heteroatoms. The van der Waals surface area contributed by atoms with E-state index in [4.69, 9.17) is 61.6 Å². The molecule has 0 bridgehead atoms. The Bertz CT molecular complexity index is 509. The maximum atomic E-state index is 11.8. The molecule has 13 nitrogen and oxygen atoms in total. The lowest BCUT2D eigenvalue weighted by atomic mass is 10.1. The maximum Gasteiger partial charge on any atom is 0.113 e. The Labute approximate surface area is 289 Å². The summed E-state index contributed by atoms with van der Waals surface area (Å²) in [4.78, 5) is 0. The van der Waals surface area contributed by atoms with Crippen LogP contribution in [0.25, 0.3) is 0 Å². The molecule has 0 saturated carbocycles. The molecule has 0 saturated heterocycles. The van der Waals surface area contributed by atoms with Crippen molar-refractivity contribution in [3.05, 3.63) is 0 Å². The van der Waals surface area contributed by atoms with Crippen molar-refractivity contribution in [2.45, 2.75) is 45.4 Å². The second-order valence-electron chi connectivity index (χ2n) is 10.4. The van der Waals surface area contributed by atoms with Gasteiger partial charge in [0.2, 0.25) is 0 Å². The van der Waals surface area contributed by atoms with E-state index in [2.05, 4.69) is 6.92 Å². The highest BCUT2D eigenvalue weighted by Crippen LogP contribution is 2.04. The summed E-state index contributed by atoms with van der Waals surface area (Å²) in [6, 6.07) is 0. The molecule has 0 aromatic rings. The standard InChI is InChI=1S/C34H69FO13/c1-2-3-4-5-6-7-9-36-11-13-38-15-17-40-19-21-42-23-25-44-27-29-46-31-33-48-34-32-47-30-28-45-26-24-43-22-20-41-18-16-39-14-12-37-10-8-35/h2-34H2,1H3. The van der Waals surface area contributed by atoms with Gasteiger partial charge in [-0.05, 0) is 6.42 Å². The SMILES string of the molecule is CCCCCCCCOCCOCCOCCOCCOCCOCCOCCOCCOCCOCCOCCOCCOCCF. The summed E-state index contributed by atoms with van der Waals surface area (Å²) in [6.45, 7) is 15.0. The smallest absolute Gasteiger partial charge is 0.113 e. The van der Waals surface area contributed by atoms with Crippen molar-refractivity contribution in [1.82, 2.24) is 0 Å². The normalized spacial score (nSPS) is 11.6. The van der Waals surface area contributed by atoms with Gasteiger partial charge in [-0.3, -0.25) is 0 Å². The highest BCUT2D eigenvalue weighted by molar-refractivity contribution is 4.44. The molecule has 0 aliphatic carbocycles.